The lowest BCUT2D eigenvalue weighted by molar-refractivity contribution is 0.455. The molecule has 0 spiro atoms. The third-order valence-electron chi connectivity index (χ3n) is 4.45. The first-order valence-electron chi connectivity index (χ1n) is 7.65. The van der Waals surface area contributed by atoms with Crippen molar-refractivity contribution in [3.8, 4) is 11.1 Å². The minimum atomic E-state index is 0.537. The second kappa shape index (κ2) is 5.34. The molecule has 0 saturated carbocycles. The summed E-state index contributed by atoms with van der Waals surface area (Å²) in [5.41, 5.74) is 3.81. The van der Waals surface area contributed by atoms with Crippen molar-refractivity contribution in [1.29, 1.82) is 0 Å². The molecule has 21 heavy (non-hydrogen) atoms. The van der Waals surface area contributed by atoms with Crippen LogP contribution >= 0.6 is 0 Å². The molecule has 0 bridgehead atoms. The maximum atomic E-state index is 4.33. The molecule has 0 radical (unpaired) electrons. The van der Waals surface area contributed by atoms with Gasteiger partial charge in [0.05, 0.1) is 6.20 Å². The van der Waals surface area contributed by atoms with Crippen LogP contribution in [0.1, 0.15) is 24.5 Å². The number of nitrogens with one attached hydrogen (secondary N) is 2. The van der Waals surface area contributed by atoms with Crippen LogP contribution in [0, 0.1) is 0 Å². The molecule has 1 fully saturated rings. The molecule has 1 aliphatic heterocycles. The molecule has 3 aromatic rings. The fourth-order valence-corrected chi connectivity index (χ4v) is 3.38. The Bertz CT molecular complexity index is 749. The highest BCUT2D eigenvalue weighted by atomic mass is 15.1. The molecule has 1 saturated heterocycles. The summed E-state index contributed by atoms with van der Waals surface area (Å²) in [6.45, 7) is 2.17. The molecule has 3 nitrogen and oxygen atoms in total. The summed E-state index contributed by atoms with van der Waals surface area (Å²) < 4.78 is 0. The molecule has 1 aromatic heterocycles. The zero-order chi connectivity index (χ0) is 14.1. The molecule has 1 aliphatic rings. The molecule has 106 valence electrons. The second-order valence-electron chi connectivity index (χ2n) is 5.77. The van der Waals surface area contributed by atoms with Gasteiger partial charge < -0.3 is 5.32 Å². The lowest BCUT2D eigenvalue weighted by Crippen LogP contribution is -2.28. The molecule has 3 heteroatoms. The number of fused-ring (bicyclic) bond motifs is 1. The molecular weight excluding hydrogens is 258 g/mol. The van der Waals surface area contributed by atoms with Gasteiger partial charge in [0.25, 0.3) is 0 Å². The van der Waals surface area contributed by atoms with Gasteiger partial charge in [-0.1, -0.05) is 42.5 Å². The quantitative estimate of drug-likeness (QED) is 0.750. The highest BCUT2D eigenvalue weighted by molar-refractivity contribution is 5.97. The van der Waals surface area contributed by atoms with E-state index in [9.17, 15) is 0 Å². The van der Waals surface area contributed by atoms with E-state index < -0.39 is 0 Å². The normalized spacial score (nSPS) is 19.0. The summed E-state index contributed by atoms with van der Waals surface area (Å²) in [6, 6.07) is 15.1. The minimum Gasteiger partial charge on any atom is -0.316 e. The molecule has 0 amide bonds. The van der Waals surface area contributed by atoms with Crippen LogP contribution in [0.2, 0.25) is 0 Å². The first-order valence-corrected chi connectivity index (χ1v) is 7.65. The molecule has 2 N–H and O–H groups in total. The Balaban J connectivity index is 1.84. The molecule has 0 aliphatic carbocycles. The van der Waals surface area contributed by atoms with Crippen molar-refractivity contribution in [2.45, 2.75) is 18.8 Å². The zero-order valence-electron chi connectivity index (χ0n) is 12.0. The van der Waals surface area contributed by atoms with Crippen LogP contribution in [0.3, 0.4) is 0 Å². The van der Waals surface area contributed by atoms with E-state index >= 15 is 0 Å². The van der Waals surface area contributed by atoms with Gasteiger partial charge in [-0.15, -0.1) is 0 Å². The average molecular weight is 277 g/mol. The summed E-state index contributed by atoms with van der Waals surface area (Å²) in [5.74, 6) is 0.537. The smallest absolute Gasteiger partial charge is 0.0569 e. The number of piperidine rings is 1. The number of aromatic nitrogens is 2. The van der Waals surface area contributed by atoms with Gasteiger partial charge in [0, 0.05) is 23.7 Å². The van der Waals surface area contributed by atoms with Crippen LogP contribution in [0.15, 0.2) is 48.7 Å². The maximum Gasteiger partial charge on any atom is 0.0569 e. The van der Waals surface area contributed by atoms with Crippen LogP contribution in [-0.4, -0.2) is 23.3 Å². The minimum absolute atomic E-state index is 0.537. The number of nitrogens with zero attached hydrogens (tertiary/aromatic N) is 1. The van der Waals surface area contributed by atoms with Gasteiger partial charge in [-0.05, 0) is 35.7 Å². The topological polar surface area (TPSA) is 40.7 Å². The van der Waals surface area contributed by atoms with Crippen LogP contribution in [-0.2, 0) is 0 Å². The first-order chi connectivity index (χ1) is 10.4. The van der Waals surface area contributed by atoms with Crippen molar-refractivity contribution in [2.24, 2.45) is 0 Å². The monoisotopic (exact) mass is 277 g/mol. The van der Waals surface area contributed by atoms with Gasteiger partial charge in [0.1, 0.15) is 0 Å². The van der Waals surface area contributed by atoms with Crippen molar-refractivity contribution in [3.63, 3.8) is 0 Å². The molecule has 1 atom stereocenters. The third-order valence-corrected chi connectivity index (χ3v) is 4.45. The number of hydrogen-bond acceptors (Lipinski definition) is 2. The van der Waals surface area contributed by atoms with E-state index in [1.807, 2.05) is 6.20 Å². The van der Waals surface area contributed by atoms with E-state index in [4.69, 9.17) is 0 Å². The Morgan fingerprint density at radius 1 is 1.00 bits per heavy atom. The maximum absolute atomic E-state index is 4.33. The zero-order valence-corrected chi connectivity index (χ0v) is 12.0. The standard InChI is InChI=1S/C18H19N3/c1-2-8-15-13(5-1)6-3-9-16(15)17-12-20-21-18(17)14-7-4-10-19-11-14/h1-3,5-6,8-9,12,14,19H,4,7,10-11H2,(H,20,21)/t14-/m0/s1. The van der Waals surface area contributed by atoms with Crippen molar-refractivity contribution in [1.82, 2.24) is 15.5 Å². The van der Waals surface area contributed by atoms with Crippen molar-refractivity contribution >= 4 is 10.8 Å². The van der Waals surface area contributed by atoms with Gasteiger partial charge in [-0.25, -0.2) is 0 Å². The Kier molecular flexibility index (Phi) is 3.20. The molecule has 2 heterocycles. The van der Waals surface area contributed by atoms with Gasteiger partial charge in [-0.2, -0.15) is 5.10 Å². The first kappa shape index (κ1) is 12.6. The summed E-state index contributed by atoms with van der Waals surface area (Å²) in [4.78, 5) is 0. The van der Waals surface area contributed by atoms with Gasteiger partial charge in [0.2, 0.25) is 0 Å². The Morgan fingerprint density at radius 2 is 1.90 bits per heavy atom. The van der Waals surface area contributed by atoms with Gasteiger partial charge in [0.15, 0.2) is 0 Å². The molecule has 4 rings (SSSR count). The Morgan fingerprint density at radius 3 is 2.81 bits per heavy atom. The van der Waals surface area contributed by atoms with Crippen molar-refractivity contribution in [3.05, 3.63) is 54.4 Å². The van der Waals surface area contributed by atoms with E-state index in [0.717, 1.165) is 13.1 Å². The number of benzene rings is 2. The second-order valence-corrected chi connectivity index (χ2v) is 5.77. The average Bonchev–Trinajstić information content (AvgIpc) is 3.04. The van der Waals surface area contributed by atoms with E-state index in [1.165, 1.54) is 40.4 Å². The van der Waals surface area contributed by atoms with Gasteiger partial charge in [-0.3, -0.25) is 5.10 Å². The third kappa shape index (κ3) is 2.24. The van der Waals surface area contributed by atoms with Crippen LogP contribution in [0.5, 0.6) is 0 Å². The van der Waals surface area contributed by atoms with Crippen LogP contribution < -0.4 is 5.32 Å². The highest BCUT2D eigenvalue weighted by Crippen LogP contribution is 2.34. The SMILES string of the molecule is c1ccc2c(-c3cn[nH]c3[C@H]3CCCNC3)cccc2c1. The summed E-state index contributed by atoms with van der Waals surface area (Å²) in [7, 11) is 0. The lowest BCUT2D eigenvalue weighted by atomic mass is 9.90. The molecular formula is C18H19N3. The number of hydrogen-bond donors (Lipinski definition) is 2. The lowest BCUT2D eigenvalue weighted by Gasteiger charge is -2.23. The highest BCUT2D eigenvalue weighted by Gasteiger charge is 2.21. The van der Waals surface area contributed by atoms with Crippen molar-refractivity contribution in [2.75, 3.05) is 13.1 Å². The van der Waals surface area contributed by atoms with E-state index in [2.05, 4.69) is 58.0 Å². The predicted molar refractivity (Wildman–Crippen MR) is 86.4 cm³/mol. The van der Waals surface area contributed by atoms with Gasteiger partial charge >= 0.3 is 0 Å². The molecule has 2 aromatic carbocycles. The predicted octanol–water partition coefficient (Wildman–Crippen LogP) is 3.70. The van der Waals surface area contributed by atoms with Crippen LogP contribution in [0.25, 0.3) is 21.9 Å². The summed E-state index contributed by atoms with van der Waals surface area (Å²) >= 11 is 0. The van der Waals surface area contributed by atoms with Crippen LogP contribution in [0.4, 0.5) is 0 Å². The number of H-pyrrole nitrogens is 1. The van der Waals surface area contributed by atoms with Crippen molar-refractivity contribution < 1.29 is 0 Å². The van der Waals surface area contributed by atoms with E-state index in [-0.39, 0.29) is 0 Å². The fourth-order valence-electron chi connectivity index (χ4n) is 3.38. The number of aromatic amines is 1. The Hall–Kier alpha value is -2.13. The summed E-state index contributed by atoms with van der Waals surface area (Å²) in [6.07, 6.45) is 4.44. The van der Waals surface area contributed by atoms with E-state index in [0.29, 0.717) is 5.92 Å². The van der Waals surface area contributed by atoms with E-state index in [1.54, 1.807) is 0 Å². The Labute approximate surface area is 124 Å². The largest absolute Gasteiger partial charge is 0.316 e. The summed E-state index contributed by atoms with van der Waals surface area (Å²) in [5, 5.41) is 13.6. The molecule has 0 unspecified atom stereocenters. The fraction of sp³-hybridized carbons (Fsp3) is 0.278. The number of rotatable bonds is 2.